The fraction of sp³-hybridized carbons (Fsp3) is 0.462. The molecule has 0 aliphatic heterocycles. The second-order valence-electron chi connectivity index (χ2n) is 4.05. The van der Waals surface area contributed by atoms with Crippen molar-refractivity contribution in [1.82, 2.24) is 0 Å². The van der Waals surface area contributed by atoms with Crippen LogP contribution in [-0.4, -0.2) is 30.7 Å². The highest BCUT2D eigenvalue weighted by molar-refractivity contribution is 6.02. The summed E-state index contributed by atoms with van der Waals surface area (Å²) in [6.45, 7) is 0.942. The predicted molar refractivity (Wildman–Crippen MR) is 60.5 cm³/mol. The molecule has 16 heavy (non-hydrogen) atoms. The van der Waals surface area contributed by atoms with Gasteiger partial charge in [0.15, 0.2) is 5.78 Å². The minimum atomic E-state index is 0.0405. The maximum absolute atomic E-state index is 12.0. The topological polar surface area (TPSA) is 46.5 Å². The SMILES string of the molecule is O=C1c2ccccc2CC1CCOCCO. The third-order valence-corrected chi connectivity index (χ3v) is 2.97. The zero-order valence-corrected chi connectivity index (χ0v) is 9.19. The van der Waals surface area contributed by atoms with Gasteiger partial charge in [-0.2, -0.15) is 0 Å². The van der Waals surface area contributed by atoms with E-state index < -0.39 is 0 Å². The summed E-state index contributed by atoms with van der Waals surface area (Å²) in [5.74, 6) is 0.305. The first-order valence-electron chi connectivity index (χ1n) is 5.63. The van der Waals surface area contributed by atoms with Gasteiger partial charge < -0.3 is 9.84 Å². The van der Waals surface area contributed by atoms with E-state index >= 15 is 0 Å². The van der Waals surface area contributed by atoms with E-state index in [1.807, 2.05) is 24.3 Å². The summed E-state index contributed by atoms with van der Waals surface area (Å²) in [4.78, 5) is 12.0. The van der Waals surface area contributed by atoms with Crippen molar-refractivity contribution in [3.05, 3.63) is 35.4 Å². The zero-order chi connectivity index (χ0) is 11.4. The number of benzene rings is 1. The summed E-state index contributed by atoms with van der Waals surface area (Å²) in [6, 6.07) is 7.78. The molecular weight excluding hydrogens is 204 g/mol. The molecule has 1 aliphatic rings. The standard InChI is InChI=1S/C13H16O3/c14-6-8-16-7-5-11-9-10-3-1-2-4-12(10)13(11)15/h1-4,11,14H,5-9H2. The summed E-state index contributed by atoms with van der Waals surface area (Å²) in [5.41, 5.74) is 2.02. The molecule has 3 heteroatoms. The van der Waals surface area contributed by atoms with Crippen molar-refractivity contribution in [2.45, 2.75) is 12.8 Å². The van der Waals surface area contributed by atoms with Gasteiger partial charge in [0, 0.05) is 18.1 Å². The van der Waals surface area contributed by atoms with Crippen molar-refractivity contribution in [3.63, 3.8) is 0 Å². The van der Waals surface area contributed by atoms with Crippen molar-refractivity contribution >= 4 is 5.78 Å². The highest BCUT2D eigenvalue weighted by Crippen LogP contribution is 2.28. The normalized spacial score (nSPS) is 18.8. The largest absolute Gasteiger partial charge is 0.394 e. The van der Waals surface area contributed by atoms with Crippen LogP contribution in [0.3, 0.4) is 0 Å². The van der Waals surface area contributed by atoms with E-state index in [0.717, 1.165) is 24.0 Å². The number of aliphatic hydroxyl groups excluding tert-OH is 1. The maximum Gasteiger partial charge on any atom is 0.166 e. The van der Waals surface area contributed by atoms with Crippen LogP contribution in [0.2, 0.25) is 0 Å². The van der Waals surface area contributed by atoms with Gasteiger partial charge in [-0.15, -0.1) is 0 Å². The summed E-state index contributed by atoms with van der Waals surface area (Å²) in [5, 5.41) is 8.56. The Bertz CT molecular complexity index is 373. The van der Waals surface area contributed by atoms with Crippen molar-refractivity contribution in [3.8, 4) is 0 Å². The molecule has 0 saturated carbocycles. The van der Waals surface area contributed by atoms with Crippen LogP contribution in [0.4, 0.5) is 0 Å². The monoisotopic (exact) mass is 220 g/mol. The molecule has 1 aromatic carbocycles. The van der Waals surface area contributed by atoms with Gasteiger partial charge in [-0.1, -0.05) is 24.3 Å². The molecule has 0 fully saturated rings. The minimum Gasteiger partial charge on any atom is -0.394 e. The van der Waals surface area contributed by atoms with Crippen molar-refractivity contribution in [1.29, 1.82) is 0 Å². The Labute approximate surface area is 95.0 Å². The molecule has 1 N–H and O–H groups in total. The number of hydrogen-bond acceptors (Lipinski definition) is 3. The molecular formula is C13H16O3. The Balaban J connectivity index is 1.89. The first-order chi connectivity index (χ1) is 7.83. The Kier molecular flexibility index (Phi) is 3.70. The third-order valence-electron chi connectivity index (χ3n) is 2.97. The number of rotatable bonds is 5. The number of carbonyl (C=O) groups excluding carboxylic acids is 1. The molecule has 1 aromatic rings. The molecule has 1 unspecified atom stereocenters. The van der Waals surface area contributed by atoms with Gasteiger partial charge in [-0.05, 0) is 18.4 Å². The van der Waals surface area contributed by atoms with Gasteiger partial charge in [0.05, 0.1) is 13.2 Å². The van der Waals surface area contributed by atoms with Crippen LogP contribution in [0.15, 0.2) is 24.3 Å². The molecule has 86 valence electrons. The number of Topliss-reactive ketones (excluding diaryl/α,β-unsaturated/α-hetero) is 1. The van der Waals surface area contributed by atoms with Crippen LogP contribution in [0.5, 0.6) is 0 Å². The second kappa shape index (κ2) is 5.23. The van der Waals surface area contributed by atoms with Crippen LogP contribution in [0.1, 0.15) is 22.3 Å². The summed E-state index contributed by atoms with van der Waals surface area (Å²) in [6.07, 6.45) is 1.57. The van der Waals surface area contributed by atoms with Crippen LogP contribution in [0, 0.1) is 5.92 Å². The molecule has 1 aliphatic carbocycles. The molecule has 0 bridgehead atoms. The van der Waals surface area contributed by atoms with Crippen molar-refractivity contribution in [2.75, 3.05) is 19.8 Å². The summed E-state index contributed by atoms with van der Waals surface area (Å²) >= 11 is 0. The predicted octanol–water partition coefficient (Wildman–Crippen LogP) is 1.44. The fourth-order valence-corrected chi connectivity index (χ4v) is 2.14. The lowest BCUT2D eigenvalue weighted by atomic mass is 10.0. The first-order valence-corrected chi connectivity index (χ1v) is 5.63. The van der Waals surface area contributed by atoms with Crippen LogP contribution >= 0.6 is 0 Å². The van der Waals surface area contributed by atoms with Crippen molar-refractivity contribution in [2.24, 2.45) is 5.92 Å². The van der Waals surface area contributed by atoms with Crippen molar-refractivity contribution < 1.29 is 14.6 Å². The smallest absolute Gasteiger partial charge is 0.166 e. The highest BCUT2D eigenvalue weighted by Gasteiger charge is 2.29. The van der Waals surface area contributed by atoms with E-state index in [4.69, 9.17) is 9.84 Å². The Morgan fingerprint density at radius 3 is 2.88 bits per heavy atom. The summed E-state index contributed by atoms with van der Waals surface area (Å²) in [7, 11) is 0. The summed E-state index contributed by atoms with van der Waals surface area (Å²) < 4.78 is 5.19. The quantitative estimate of drug-likeness (QED) is 0.764. The molecule has 0 heterocycles. The van der Waals surface area contributed by atoms with Gasteiger partial charge in [0.25, 0.3) is 0 Å². The minimum absolute atomic E-state index is 0.0405. The van der Waals surface area contributed by atoms with E-state index in [1.165, 1.54) is 0 Å². The molecule has 2 rings (SSSR count). The van der Waals surface area contributed by atoms with E-state index in [-0.39, 0.29) is 18.3 Å². The molecule has 0 saturated heterocycles. The van der Waals surface area contributed by atoms with Gasteiger partial charge in [0.2, 0.25) is 0 Å². The average Bonchev–Trinajstić information content (AvgIpc) is 2.63. The van der Waals surface area contributed by atoms with Crippen LogP contribution in [-0.2, 0) is 11.2 Å². The van der Waals surface area contributed by atoms with Gasteiger partial charge in [-0.25, -0.2) is 0 Å². The molecule has 0 amide bonds. The Hall–Kier alpha value is -1.19. The van der Waals surface area contributed by atoms with E-state index in [2.05, 4.69) is 0 Å². The van der Waals surface area contributed by atoms with E-state index in [9.17, 15) is 4.79 Å². The lowest BCUT2D eigenvalue weighted by Gasteiger charge is -2.07. The number of fused-ring (bicyclic) bond motifs is 1. The first kappa shape index (κ1) is 11.3. The second-order valence-corrected chi connectivity index (χ2v) is 4.05. The van der Waals surface area contributed by atoms with Gasteiger partial charge >= 0.3 is 0 Å². The Morgan fingerprint density at radius 1 is 1.31 bits per heavy atom. The van der Waals surface area contributed by atoms with Gasteiger partial charge in [-0.3, -0.25) is 4.79 Å². The number of carbonyl (C=O) groups is 1. The average molecular weight is 220 g/mol. The molecule has 1 atom stereocenters. The van der Waals surface area contributed by atoms with E-state index in [0.29, 0.717) is 13.2 Å². The van der Waals surface area contributed by atoms with E-state index in [1.54, 1.807) is 0 Å². The third kappa shape index (κ3) is 2.31. The highest BCUT2D eigenvalue weighted by atomic mass is 16.5. The lowest BCUT2D eigenvalue weighted by Crippen LogP contribution is -2.13. The molecule has 0 spiro atoms. The number of ether oxygens (including phenoxy) is 1. The zero-order valence-electron chi connectivity index (χ0n) is 9.19. The maximum atomic E-state index is 12.0. The number of ketones is 1. The number of hydrogen-bond donors (Lipinski definition) is 1. The molecule has 0 radical (unpaired) electrons. The van der Waals surface area contributed by atoms with Gasteiger partial charge in [0.1, 0.15) is 0 Å². The van der Waals surface area contributed by atoms with Crippen LogP contribution < -0.4 is 0 Å². The van der Waals surface area contributed by atoms with Crippen LogP contribution in [0.25, 0.3) is 0 Å². The number of aliphatic hydroxyl groups is 1. The molecule has 3 nitrogen and oxygen atoms in total. The molecule has 0 aromatic heterocycles. The Morgan fingerprint density at radius 2 is 2.12 bits per heavy atom. The lowest BCUT2D eigenvalue weighted by molar-refractivity contribution is 0.0747. The fourth-order valence-electron chi connectivity index (χ4n) is 2.14.